The molecule has 3 aromatic rings. The predicted octanol–water partition coefficient (Wildman–Crippen LogP) is 3.92. The summed E-state index contributed by atoms with van der Waals surface area (Å²) in [5.74, 6) is -1.70. The summed E-state index contributed by atoms with van der Waals surface area (Å²) in [5, 5.41) is 12.2. The molecule has 3 rings (SSSR count). The molecule has 0 aliphatic heterocycles. The summed E-state index contributed by atoms with van der Waals surface area (Å²) in [4.78, 5) is 40.7. The van der Waals surface area contributed by atoms with Crippen LogP contribution in [0.15, 0.2) is 76.8 Å². The number of amides is 1. The molecule has 10 nitrogen and oxygen atoms in total. The van der Waals surface area contributed by atoms with Crippen LogP contribution in [0.4, 0.5) is 11.4 Å². The second-order valence-corrected chi connectivity index (χ2v) is 9.71. The van der Waals surface area contributed by atoms with Crippen LogP contribution in [0.25, 0.3) is 0 Å². The third-order valence-corrected chi connectivity index (χ3v) is 6.42. The third-order valence-electron chi connectivity index (χ3n) is 4.36. The molecule has 0 aliphatic rings. The lowest BCUT2D eigenvalue weighted by Crippen LogP contribution is -2.36. The van der Waals surface area contributed by atoms with Crippen molar-refractivity contribution in [2.75, 3.05) is 17.2 Å². The topological polar surface area (TPSA) is 137 Å². The number of carbonyl (C=O) groups excluding carboxylic acids is 2. The highest BCUT2D eigenvalue weighted by molar-refractivity contribution is 7.99. The number of nitro groups is 1. The number of carbonyl (C=O) groups is 2. The molecule has 0 bridgehead atoms. The van der Waals surface area contributed by atoms with Crippen molar-refractivity contribution in [1.29, 1.82) is 0 Å². The van der Waals surface area contributed by atoms with Gasteiger partial charge in [0.05, 0.1) is 33.9 Å². The molecule has 0 fully saturated rings. The zero-order chi connectivity index (χ0) is 24.9. The normalized spacial score (nSPS) is 11.0. The zero-order valence-electron chi connectivity index (χ0n) is 18.1. The first-order valence-corrected chi connectivity index (χ1v) is 12.5. The molecule has 0 radical (unpaired) electrons. The lowest BCUT2D eigenvalue weighted by atomic mass is 10.1. The minimum Gasteiger partial charge on any atom is -0.462 e. The Morgan fingerprint density at radius 2 is 1.85 bits per heavy atom. The van der Waals surface area contributed by atoms with Crippen molar-refractivity contribution in [2.24, 2.45) is 0 Å². The van der Waals surface area contributed by atoms with Crippen LogP contribution in [0, 0.1) is 10.1 Å². The fraction of sp³-hybridized carbons (Fsp3) is 0.136. The third kappa shape index (κ3) is 5.77. The summed E-state index contributed by atoms with van der Waals surface area (Å²) in [6, 6.07) is 14.1. The van der Waals surface area contributed by atoms with Gasteiger partial charge in [-0.15, -0.1) is 0 Å². The summed E-state index contributed by atoms with van der Waals surface area (Å²) in [5.41, 5.74) is -0.652. The number of anilines is 1. The Bertz CT molecular complexity index is 1350. The summed E-state index contributed by atoms with van der Waals surface area (Å²) >= 11 is 1.04. The number of hydrogen-bond acceptors (Lipinski definition) is 9. The van der Waals surface area contributed by atoms with Gasteiger partial charge in [0, 0.05) is 17.8 Å². The largest absolute Gasteiger partial charge is 0.462 e. The summed E-state index contributed by atoms with van der Waals surface area (Å²) in [6.07, 6.45) is 2.36. The Morgan fingerprint density at radius 1 is 1.09 bits per heavy atom. The molecule has 1 amide bonds. The van der Waals surface area contributed by atoms with Crippen molar-refractivity contribution >= 4 is 45.0 Å². The molecule has 1 heterocycles. The van der Waals surface area contributed by atoms with Crippen molar-refractivity contribution in [3.05, 3.63) is 88.1 Å². The Balaban J connectivity index is 2.03. The van der Waals surface area contributed by atoms with Gasteiger partial charge in [-0.1, -0.05) is 23.9 Å². The van der Waals surface area contributed by atoms with Crippen LogP contribution < -0.4 is 4.31 Å². The van der Waals surface area contributed by atoms with Gasteiger partial charge < -0.3 is 4.74 Å². The Kier molecular flexibility index (Phi) is 7.64. The number of aromatic nitrogens is 1. The summed E-state index contributed by atoms with van der Waals surface area (Å²) in [7, 11) is -4.17. The first-order valence-electron chi connectivity index (χ1n) is 9.81. The van der Waals surface area contributed by atoms with Gasteiger partial charge in [-0.25, -0.2) is 22.5 Å². The van der Waals surface area contributed by atoms with E-state index in [1.165, 1.54) is 36.4 Å². The Labute approximate surface area is 199 Å². The first-order chi connectivity index (χ1) is 16.1. The molecule has 0 aliphatic carbocycles. The van der Waals surface area contributed by atoms with E-state index in [-0.39, 0.29) is 34.0 Å². The van der Waals surface area contributed by atoms with E-state index >= 15 is 0 Å². The van der Waals surface area contributed by atoms with Gasteiger partial charge in [0.1, 0.15) is 5.03 Å². The van der Waals surface area contributed by atoms with Gasteiger partial charge in [-0.2, -0.15) is 0 Å². The number of benzene rings is 2. The van der Waals surface area contributed by atoms with Gasteiger partial charge in [0.2, 0.25) is 10.0 Å². The fourth-order valence-electron chi connectivity index (χ4n) is 2.95. The number of esters is 1. The Hall–Kier alpha value is -3.77. The number of sulfonamides is 1. The molecule has 0 unspecified atom stereocenters. The average Bonchev–Trinajstić information content (AvgIpc) is 2.79. The van der Waals surface area contributed by atoms with Crippen LogP contribution in [0.5, 0.6) is 0 Å². The molecule has 34 heavy (non-hydrogen) atoms. The number of nitrogens with zero attached hydrogens (tertiary/aromatic N) is 3. The quantitative estimate of drug-likeness (QED) is 0.255. The van der Waals surface area contributed by atoms with Crippen molar-refractivity contribution in [1.82, 2.24) is 4.98 Å². The fourth-order valence-corrected chi connectivity index (χ4v) is 4.71. The molecule has 0 saturated heterocycles. The van der Waals surface area contributed by atoms with Crippen molar-refractivity contribution < 1.29 is 27.7 Å². The van der Waals surface area contributed by atoms with Gasteiger partial charge in [0.15, 0.2) is 0 Å². The lowest BCUT2D eigenvalue weighted by molar-refractivity contribution is -0.387. The maximum absolute atomic E-state index is 13.2. The van der Waals surface area contributed by atoms with Crippen molar-refractivity contribution in [3.63, 3.8) is 0 Å². The molecule has 0 atom stereocenters. The van der Waals surface area contributed by atoms with Gasteiger partial charge in [0.25, 0.3) is 11.6 Å². The van der Waals surface area contributed by atoms with Gasteiger partial charge in [-0.3, -0.25) is 14.9 Å². The van der Waals surface area contributed by atoms with Crippen molar-refractivity contribution in [3.8, 4) is 0 Å². The molecule has 0 saturated carbocycles. The molecular weight excluding hydrogens is 482 g/mol. The van der Waals surface area contributed by atoms with Crippen LogP contribution in [0.3, 0.4) is 0 Å². The molecule has 2 aromatic carbocycles. The van der Waals surface area contributed by atoms with E-state index < -0.39 is 26.8 Å². The van der Waals surface area contributed by atoms with E-state index in [4.69, 9.17) is 4.74 Å². The summed E-state index contributed by atoms with van der Waals surface area (Å²) < 4.78 is 30.5. The van der Waals surface area contributed by atoms with Crippen LogP contribution >= 0.6 is 11.8 Å². The number of nitro benzene ring substituents is 1. The molecule has 1 aromatic heterocycles. The van der Waals surface area contributed by atoms with Crippen LogP contribution in [-0.2, 0) is 14.8 Å². The summed E-state index contributed by atoms with van der Waals surface area (Å²) in [6.45, 7) is 1.74. The lowest BCUT2D eigenvalue weighted by Gasteiger charge is -2.21. The van der Waals surface area contributed by atoms with E-state index in [1.807, 2.05) is 0 Å². The van der Waals surface area contributed by atoms with Crippen molar-refractivity contribution in [2.45, 2.75) is 16.8 Å². The average molecular weight is 502 g/mol. The zero-order valence-corrected chi connectivity index (χ0v) is 19.7. The minimum atomic E-state index is -4.17. The van der Waals surface area contributed by atoms with E-state index in [1.54, 1.807) is 31.3 Å². The van der Waals surface area contributed by atoms with Crippen LogP contribution in [-0.4, -0.2) is 43.1 Å². The van der Waals surface area contributed by atoms with E-state index in [2.05, 4.69) is 4.98 Å². The van der Waals surface area contributed by atoms with Crippen LogP contribution in [0.1, 0.15) is 27.6 Å². The molecule has 176 valence electrons. The SMILES string of the molecule is CCOC(=O)c1cccc(N(C(=O)c2ccc(Sc3ccccn3)c([N+](=O)[O-])c2)S(C)(=O)=O)c1. The number of pyridine rings is 1. The molecule has 0 N–H and O–H groups in total. The minimum absolute atomic E-state index is 0.0499. The second-order valence-electron chi connectivity index (χ2n) is 6.81. The highest BCUT2D eigenvalue weighted by Gasteiger charge is 2.29. The number of hydrogen-bond donors (Lipinski definition) is 0. The van der Waals surface area contributed by atoms with E-state index in [0.29, 0.717) is 9.33 Å². The monoisotopic (exact) mass is 501 g/mol. The first kappa shape index (κ1) is 24.9. The highest BCUT2D eigenvalue weighted by atomic mass is 32.2. The maximum atomic E-state index is 13.2. The van der Waals surface area contributed by atoms with Crippen LogP contribution in [0.2, 0.25) is 0 Å². The molecule has 12 heteroatoms. The number of ether oxygens (including phenoxy) is 1. The highest BCUT2D eigenvalue weighted by Crippen LogP contribution is 2.35. The predicted molar refractivity (Wildman–Crippen MR) is 126 cm³/mol. The smallest absolute Gasteiger partial charge is 0.338 e. The number of rotatable bonds is 8. The Morgan fingerprint density at radius 3 is 2.47 bits per heavy atom. The maximum Gasteiger partial charge on any atom is 0.338 e. The second kappa shape index (κ2) is 10.4. The van der Waals surface area contributed by atoms with Gasteiger partial charge >= 0.3 is 5.97 Å². The molecule has 0 spiro atoms. The standard InChI is InChI=1S/C22H19N3O7S2/c1-3-32-22(27)16-7-6-8-17(13-16)24(34(2,30)31)21(26)15-10-11-19(18(14-15)25(28)29)33-20-9-4-5-12-23-20/h4-14H,3H2,1-2H3. The van der Waals surface area contributed by atoms with E-state index in [0.717, 1.165) is 24.1 Å². The molecular formula is C22H19N3O7S2. The van der Waals surface area contributed by atoms with E-state index in [9.17, 15) is 28.1 Å². The van der Waals surface area contributed by atoms with Gasteiger partial charge in [-0.05, 0) is 49.4 Å².